The van der Waals surface area contributed by atoms with Crippen LogP contribution in [0.3, 0.4) is 0 Å². The maximum Gasteiger partial charge on any atom is 0.110 e. The van der Waals surface area contributed by atoms with E-state index in [1.165, 1.54) is 4.42 Å². The molecule has 2 nitrogen and oxygen atoms in total. The summed E-state index contributed by atoms with van der Waals surface area (Å²) in [6.45, 7) is 1.84. The molecule has 7 heavy (non-hydrogen) atoms. The molecular weight excluding hydrogens is 112 g/mol. The normalized spacial score (nSPS) is 11.7. The van der Waals surface area contributed by atoms with Crippen molar-refractivity contribution >= 4 is 17.6 Å². The van der Waals surface area contributed by atoms with E-state index in [4.69, 9.17) is 11.8 Å². The van der Waals surface area contributed by atoms with Crippen molar-refractivity contribution in [1.82, 2.24) is 4.42 Å². The van der Waals surface area contributed by atoms with Gasteiger partial charge >= 0.3 is 0 Å². The lowest BCUT2D eigenvalue weighted by molar-refractivity contribution is 0.810. The lowest BCUT2D eigenvalue weighted by Crippen LogP contribution is -2.11. The van der Waals surface area contributed by atoms with Gasteiger partial charge in [0.15, 0.2) is 0 Å². The summed E-state index contributed by atoms with van der Waals surface area (Å²) in [6, 6.07) is 0. The van der Waals surface area contributed by atoms with Crippen molar-refractivity contribution in [2.45, 2.75) is 6.92 Å². The Balaban J connectivity index is 3.56. The molecule has 3 heteroatoms. The Labute approximate surface area is 48.9 Å². The molecule has 42 valence electrons. The fourth-order valence-corrected chi connectivity index (χ4v) is 0.213. The molecule has 0 saturated heterocycles. The monoisotopic (exact) mass is 120 g/mol. The van der Waals surface area contributed by atoms with Crippen molar-refractivity contribution < 1.29 is 0 Å². The van der Waals surface area contributed by atoms with Gasteiger partial charge in [-0.2, -0.15) is 0 Å². The highest BCUT2D eigenvalue weighted by molar-refractivity contribution is 6.21. The SMILES string of the molecule is CN=C(C)N(C)Cl. The summed E-state index contributed by atoms with van der Waals surface area (Å²) in [6.07, 6.45) is 0. The second-order valence-electron chi connectivity index (χ2n) is 1.25. The summed E-state index contributed by atoms with van der Waals surface area (Å²) in [4.78, 5) is 3.80. The molecule has 0 aromatic carbocycles. The fraction of sp³-hybridized carbons (Fsp3) is 0.750. The number of amidine groups is 1. The van der Waals surface area contributed by atoms with Gasteiger partial charge in [0.1, 0.15) is 5.84 Å². The zero-order valence-corrected chi connectivity index (χ0v) is 5.53. The van der Waals surface area contributed by atoms with Crippen molar-refractivity contribution in [3.05, 3.63) is 0 Å². The molecule has 0 aliphatic heterocycles. The number of nitrogens with zero attached hydrogens (tertiary/aromatic N) is 2. The zero-order valence-electron chi connectivity index (χ0n) is 4.77. The van der Waals surface area contributed by atoms with Crippen LogP contribution < -0.4 is 0 Å². The quantitative estimate of drug-likeness (QED) is 0.266. The number of aliphatic imine (C=N–C) groups is 1. The molecule has 0 aromatic heterocycles. The first kappa shape index (κ1) is 6.76. The minimum Gasteiger partial charge on any atom is -0.276 e. The van der Waals surface area contributed by atoms with Gasteiger partial charge in [-0.3, -0.25) is 9.41 Å². The Kier molecular flexibility index (Phi) is 2.76. The Hall–Kier alpha value is -0.240. The van der Waals surface area contributed by atoms with Gasteiger partial charge in [0.05, 0.1) is 0 Å². The smallest absolute Gasteiger partial charge is 0.110 e. The molecule has 0 fully saturated rings. The molecule has 0 radical (unpaired) electrons. The third-order valence-electron chi connectivity index (χ3n) is 0.770. The molecular formula is C4H9ClN2. The Morgan fingerprint density at radius 3 is 2.14 bits per heavy atom. The van der Waals surface area contributed by atoms with Gasteiger partial charge < -0.3 is 0 Å². The predicted molar refractivity (Wildman–Crippen MR) is 32.6 cm³/mol. The average molecular weight is 121 g/mol. The van der Waals surface area contributed by atoms with Crippen LogP contribution >= 0.6 is 11.8 Å². The molecule has 0 amide bonds. The Morgan fingerprint density at radius 1 is 1.71 bits per heavy atom. The minimum atomic E-state index is 0.821. The summed E-state index contributed by atoms with van der Waals surface area (Å²) in [5.74, 6) is 0.821. The molecule has 0 aliphatic rings. The fourth-order valence-electron chi connectivity index (χ4n) is 0.138. The molecule has 0 heterocycles. The van der Waals surface area contributed by atoms with E-state index in [1.54, 1.807) is 14.1 Å². The molecule has 0 spiro atoms. The number of hydrogen-bond acceptors (Lipinski definition) is 1. The Morgan fingerprint density at radius 2 is 2.14 bits per heavy atom. The summed E-state index contributed by atoms with van der Waals surface area (Å²) in [5.41, 5.74) is 0. The van der Waals surface area contributed by atoms with E-state index >= 15 is 0 Å². The van der Waals surface area contributed by atoms with E-state index < -0.39 is 0 Å². The zero-order chi connectivity index (χ0) is 5.86. The van der Waals surface area contributed by atoms with Crippen LogP contribution in [0.15, 0.2) is 4.99 Å². The molecule has 0 bridgehead atoms. The van der Waals surface area contributed by atoms with E-state index in [0.29, 0.717) is 0 Å². The van der Waals surface area contributed by atoms with Gasteiger partial charge in [-0.25, -0.2) is 0 Å². The van der Waals surface area contributed by atoms with Gasteiger partial charge in [0.2, 0.25) is 0 Å². The van der Waals surface area contributed by atoms with Crippen molar-refractivity contribution in [3.8, 4) is 0 Å². The highest BCUT2D eigenvalue weighted by Gasteiger charge is 1.88. The number of halogens is 1. The number of hydrogen-bond donors (Lipinski definition) is 0. The first-order valence-electron chi connectivity index (χ1n) is 2.01. The van der Waals surface area contributed by atoms with E-state index in [-0.39, 0.29) is 0 Å². The molecule has 0 rings (SSSR count). The van der Waals surface area contributed by atoms with Gasteiger partial charge in [0.25, 0.3) is 0 Å². The molecule has 0 N–H and O–H groups in total. The van der Waals surface area contributed by atoms with Gasteiger partial charge in [-0.15, -0.1) is 0 Å². The lowest BCUT2D eigenvalue weighted by atomic mass is 10.7. The predicted octanol–water partition coefficient (Wildman–Crippen LogP) is 1.12. The van der Waals surface area contributed by atoms with Crippen molar-refractivity contribution in [2.75, 3.05) is 14.1 Å². The van der Waals surface area contributed by atoms with Crippen LogP contribution in [-0.4, -0.2) is 24.3 Å². The topological polar surface area (TPSA) is 15.6 Å². The second kappa shape index (κ2) is 2.86. The lowest BCUT2D eigenvalue weighted by Gasteiger charge is -2.04. The maximum atomic E-state index is 5.43. The number of rotatable bonds is 0. The van der Waals surface area contributed by atoms with Crippen LogP contribution in [0, 0.1) is 0 Å². The van der Waals surface area contributed by atoms with E-state index in [0.717, 1.165) is 5.84 Å². The van der Waals surface area contributed by atoms with Crippen LogP contribution in [0.5, 0.6) is 0 Å². The summed E-state index contributed by atoms with van der Waals surface area (Å²) in [7, 11) is 3.44. The summed E-state index contributed by atoms with van der Waals surface area (Å²) in [5, 5.41) is 0. The van der Waals surface area contributed by atoms with Crippen LogP contribution in [0.4, 0.5) is 0 Å². The van der Waals surface area contributed by atoms with Crippen molar-refractivity contribution in [1.29, 1.82) is 0 Å². The molecule has 0 unspecified atom stereocenters. The summed E-state index contributed by atoms with van der Waals surface area (Å²) < 4.78 is 1.44. The van der Waals surface area contributed by atoms with Crippen LogP contribution in [0.1, 0.15) is 6.92 Å². The second-order valence-corrected chi connectivity index (χ2v) is 1.76. The molecule has 0 saturated carbocycles. The van der Waals surface area contributed by atoms with Gasteiger partial charge in [-0.1, -0.05) is 0 Å². The van der Waals surface area contributed by atoms with Crippen LogP contribution in [-0.2, 0) is 0 Å². The highest BCUT2D eigenvalue weighted by Crippen LogP contribution is 1.88. The van der Waals surface area contributed by atoms with Crippen LogP contribution in [0.25, 0.3) is 0 Å². The summed E-state index contributed by atoms with van der Waals surface area (Å²) >= 11 is 5.43. The third-order valence-corrected chi connectivity index (χ3v) is 1.01. The largest absolute Gasteiger partial charge is 0.276 e. The molecule has 0 aliphatic carbocycles. The molecule has 0 atom stereocenters. The third kappa shape index (κ3) is 2.45. The van der Waals surface area contributed by atoms with Gasteiger partial charge in [0, 0.05) is 25.9 Å². The first-order chi connectivity index (χ1) is 3.18. The van der Waals surface area contributed by atoms with E-state index in [1.807, 2.05) is 6.92 Å². The highest BCUT2D eigenvalue weighted by atomic mass is 35.5. The van der Waals surface area contributed by atoms with E-state index in [9.17, 15) is 0 Å². The van der Waals surface area contributed by atoms with Crippen molar-refractivity contribution in [2.24, 2.45) is 4.99 Å². The van der Waals surface area contributed by atoms with Gasteiger partial charge in [-0.05, 0) is 6.92 Å². The van der Waals surface area contributed by atoms with Crippen LogP contribution in [0.2, 0.25) is 0 Å². The average Bonchev–Trinajstić information content (AvgIpc) is 1.65. The first-order valence-corrected chi connectivity index (χ1v) is 2.35. The Bertz CT molecular complexity index is 77.8. The minimum absolute atomic E-state index is 0.821. The van der Waals surface area contributed by atoms with Crippen molar-refractivity contribution in [3.63, 3.8) is 0 Å². The standard InChI is InChI=1S/C4H9ClN2/c1-4(6-2)7(3)5/h1-3H3. The van der Waals surface area contributed by atoms with E-state index in [2.05, 4.69) is 4.99 Å². The molecule has 0 aromatic rings. The maximum absolute atomic E-state index is 5.43.